The normalized spacial score (nSPS) is 30.1. The molecule has 13 nitrogen and oxygen atoms in total. The van der Waals surface area contributed by atoms with Gasteiger partial charge in [-0.1, -0.05) is 112 Å². The van der Waals surface area contributed by atoms with E-state index in [1.807, 2.05) is 37.6 Å². The van der Waals surface area contributed by atoms with Gasteiger partial charge in [0.25, 0.3) is 0 Å². The van der Waals surface area contributed by atoms with Crippen LogP contribution in [0.2, 0.25) is 18.1 Å². The van der Waals surface area contributed by atoms with E-state index in [4.69, 9.17) is 56.5 Å². The molecule has 0 aromatic heterocycles. The predicted octanol–water partition coefficient (Wildman–Crippen LogP) is 15.3. The Hall–Kier alpha value is -2.19. The minimum absolute atomic E-state index is 0.0121. The summed E-state index contributed by atoms with van der Waals surface area (Å²) in [5.41, 5.74) is 2.20. The Morgan fingerprint density at radius 3 is 2.14 bits per heavy atom. The van der Waals surface area contributed by atoms with E-state index < -0.39 is 20.4 Å². The van der Waals surface area contributed by atoms with Crippen LogP contribution >= 0.6 is 23.5 Å². The number of allylic oxidation sites excluding steroid dienone is 3. The molecule has 466 valence electrons. The maximum absolute atomic E-state index is 14.0. The fourth-order valence-corrected chi connectivity index (χ4v) is 13.2. The molecule has 81 heavy (non-hydrogen) atoms. The van der Waals surface area contributed by atoms with Crippen LogP contribution in [0.15, 0.2) is 66.3 Å². The van der Waals surface area contributed by atoms with Crippen molar-refractivity contribution < 1.29 is 61.3 Å². The van der Waals surface area contributed by atoms with Gasteiger partial charge in [0.15, 0.2) is 26.1 Å². The largest absolute Gasteiger partial charge is 0.493 e. The number of cyclic esters (lactones) is 1. The van der Waals surface area contributed by atoms with Crippen molar-refractivity contribution in [2.45, 2.75) is 214 Å². The van der Waals surface area contributed by atoms with Crippen molar-refractivity contribution in [3.8, 4) is 11.5 Å². The summed E-state index contributed by atoms with van der Waals surface area (Å²) < 4.78 is 75.4. The lowest BCUT2D eigenvalue weighted by Crippen LogP contribution is -2.49. The number of carbonyl (C=O) groups excluding carboxylic acids is 1. The number of thioether (sulfide) groups is 2. The molecule has 0 amide bonds. The highest BCUT2D eigenvalue weighted by atomic mass is 32.2. The zero-order valence-electron chi connectivity index (χ0n) is 53.8. The molecule has 2 heterocycles. The summed E-state index contributed by atoms with van der Waals surface area (Å²) in [5.74, 6) is 2.91. The zero-order chi connectivity index (χ0) is 60.3. The Bertz CT molecular complexity index is 2030. The first-order valence-corrected chi connectivity index (χ1v) is 35.6. The van der Waals surface area contributed by atoms with Crippen LogP contribution < -0.4 is 9.47 Å². The van der Waals surface area contributed by atoms with E-state index >= 15 is 0 Å². The van der Waals surface area contributed by atoms with Crippen LogP contribution in [-0.2, 0) is 58.5 Å². The maximum Gasteiger partial charge on any atom is 0.331 e. The molecule has 2 aliphatic rings. The van der Waals surface area contributed by atoms with Gasteiger partial charge in [0.05, 0.1) is 75.4 Å². The minimum atomic E-state index is -2.17. The molecule has 1 unspecified atom stereocenters. The molecule has 0 N–H and O–H groups in total. The fraction of sp³-hybridized carbons (Fsp3) is 0.769. The maximum atomic E-state index is 14.0. The zero-order valence-corrected chi connectivity index (χ0v) is 56.5. The molecule has 1 saturated heterocycles. The monoisotopic (exact) mass is 1190 g/mol. The summed E-state index contributed by atoms with van der Waals surface area (Å²) in [6.07, 6.45) is 23.7. The molecule has 0 radical (unpaired) electrons. The Balaban J connectivity index is 1.98. The molecule has 2 aliphatic heterocycles. The third-order valence-electron chi connectivity index (χ3n) is 17.4. The smallest absolute Gasteiger partial charge is 0.331 e. The van der Waals surface area contributed by atoms with Crippen LogP contribution in [0.25, 0.3) is 0 Å². The van der Waals surface area contributed by atoms with E-state index in [-0.39, 0.29) is 96.4 Å². The van der Waals surface area contributed by atoms with Crippen LogP contribution in [-0.4, -0.2) is 136 Å². The average molecular weight is 1190 g/mol. The minimum Gasteiger partial charge on any atom is -0.493 e. The molecular formula is C65H112O13S2Si. The second-order valence-corrected chi connectivity index (χ2v) is 31.1. The highest BCUT2D eigenvalue weighted by Gasteiger charge is 2.44. The third kappa shape index (κ3) is 24.6. The van der Waals surface area contributed by atoms with E-state index in [1.165, 1.54) is 11.6 Å². The lowest BCUT2D eigenvalue weighted by atomic mass is 9.82. The summed E-state index contributed by atoms with van der Waals surface area (Å²) in [5, 5.41) is 0.0454. The lowest BCUT2D eigenvalue weighted by Gasteiger charge is -2.44. The van der Waals surface area contributed by atoms with Crippen LogP contribution in [0.3, 0.4) is 0 Å². The Labute approximate surface area is 501 Å². The van der Waals surface area contributed by atoms with Gasteiger partial charge in [0.1, 0.15) is 12.9 Å². The van der Waals surface area contributed by atoms with Crippen molar-refractivity contribution in [2.24, 2.45) is 41.4 Å². The molecule has 1 aromatic rings. The molecule has 0 bridgehead atoms. The third-order valence-corrected chi connectivity index (χ3v) is 22.6. The highest BCUT2D eigenvalue weighted by molar-refractivity contribution is 7.98. The average Bonchev–Trinajstić information content (AvgIpc) is 3.83. The molecule has 1 aromatic carbocycles. The van der Waals surface area contributed by atoms with Crippen molar-refractivity contribution in [3.05, 3.63) is 71.9 Å². The summed E-state index contributed by atoms with van der Waals surface area (Å²) >= 11 is 3.31. The summed E-state index contributed by atoms with van der Waals surface area (Å²) in [6.45, 7) is 30.0. The van der Waals surface area contributed by atoms with Crippen LogP contribution in [0.1, 0.15) is 140 Å². The summed E-state index contributed by atoms with van der Waals surface area (Å²) in [7, 11) is 6.38. The van der Waals surface area contributed by atoms with E-state index in [2.05, 4.69) is 120 Å². The van der Waals surface area contributed by atoms with Gasteiger partial charge in [-0.3, -0.25) is 0 Å². The standard InChI is InChI=1S/C65H112O13S2Si/c1-44-29-30-45(2)54(68-13)34-31-47(4)64(78-81(19,20)65(9,10)11)50(7)55(74-42-79-17)26-22-21-23-28-60(66)76-57(27-24-25-53(37-44)67-12)51(8)62(75-43-80-18)46(3)32-35-56(49(6)63-48(5)38-61(71-16)77-63)73-41-72-40-52-33-36-58(69-14)59(39-52)70-15/h21-25,28,30,33,36,39,44,46-51,53-57,61-64H,26-27,29,31-32,34-35,37-38,40-43H2,1-20H3/b22-21+,25-24+,28-23+,45-30+/t44-,46+,47-,48-,49+,50-,51-,53+,54+,55-,56-,57+,61?,62+,63-,64-/m1/s1. The van der Waals surface area contributed by atoms with E-state index in [1.54, 1.807) is 58.0 Å². The highest BCUT2D eigenvalue weighted by Crippen LogP contribution is 2.42. The number of esters is 1. The topological polar surface area (TPSA) is 128 Å². The quantitative estimate of drug-likeness (QED) is 0.0287. The fourth-order valence-electron chi connectivity index (χ4n) is 11.1. The van der Waals surface area contributed by atoms with Crippen molar-refractivity contribution in [1.29, 1.82) is 0 Å². The second kappa shape index (κ2) is 38.1. The molecule has 0 saturated carbocycles. The number of rotatable bonds is 26. The van der Waals surface area contributed by atoms with Gasteiger partial charge in [0.2, 0.25) is 0 Å². The molecule has 0 aliphatic carbocycles. The predicted molar refractivity (Wildman–Crippen MR) is 337 cm³/mol. The summed E-state index contributed by atoms with van der Waals surface area (Å²) in [6, 6.07) is 5.76. The van der Waals surface area contributed by atoms with Crippen molar-refractivity contribution >= 4 is 37.8 Å². The van der Waals surface area contributed by atoms with Crippen LogP contribution in [0, 0.1) is 41.4 Å². The van der Waals surface area contributed by atoms with Crippen LogP contribution in [0.4, 0.5) is 0 Å². The molecular weight excluding hydrogens is 1080 g/mol. The number of methoxy groups -OCH3 is 5. The number of carbonyl (C=O) groups is 1. The van der Waals surface area contributed by atoms with Gasteiger partial charge in [-0.15, -0.1) is 23.5 Å². The van der Waals surface area contributed by atoms with Crippen molar-refractivity contribution in [3.63, 3.8) is 0 Å². The van der Waals surface area contributed by atoms with Crippen LogP contribution in [0.5, 0.6) is 11.5 Å². The van der Waals surface area contributed by atoms with Gasteiger partial charge in [-0.25, -0.2) is 4.79 Å². The molecule has 3 rings (SSSR count). The summed E-state index contributed by atoms with van der Waals surface area (Å²) in [4.78, 5) is 14.0. The molecule has 0 spiro atoms. The van der Waals surface area contributed by atoms with E-state index in [0.29, 0.717) is 48.7 Å². The van der Waals surface area contributed by atoms with E-state index in [9.17, 15) is 4.79 Å². The molecule has 1 fully saturated rings. The number of ether oxygens (including phenoxy) is 11. The Kier molecular flexibility index (Phi) is 34.3. The lowest BCUT2D eigenvalue weighted by molar-refractivity contribution is -0.162. The van der Waals surface area contributed by atoms with E-state index in [0.717, 1.165) is 50.5 Å². The van der Waals surface area contributed by atoms with Gasteiger partial charge < -0.3 is 56.5 Å². The SMILES string of the molecule is COc1ccc(COCO[C@H](CC[C@H](C)[C@H](OCSC)[C@H](C)[C@@H]2C/C=C/[C@H](OC)C[C@H](C)C/C=C(\C)[C@@H](OC)CC[C@@H](C)[C@@H](O[Si](C)(C)C(C)(C)C)[C@H](C)[C@H](OCSC)C/C=C/C=C/C(=O)O2)[C@H](C)[C@@H]2OC(OC)C[C@H]2C)cc1OC. The Morgan fingerprint density at radius 1 is 0.790 bits per heavy atom. The van der Waals surface area contributed by atoms with Gasteiger partial charge in [0, 0.05) is 58.0 Å². The second-order valence-electron chi connectivity index (χ2n) is 24.7. The number of hydrogen-bond acceptors (Lipinski definition) is 15. The first kappa shape index (κ1) is 73.1. The molecule has 16 atom stereocenters. The first-order chi connectivity index (χ1) is 38.5. The number of benzene rings is 1. The van der Waals surface area contributed by atoms with Gasteiger partial charge in [-0.2, -0.15) is 0 Å². The molecule has 16 heteroatoms. The van der Waals surface area contributed by atoms with Crippen molar-refractivity contribution in [2.75, 3.05) is 66.7 Å². The first-order valence-electron chi connectivity index (χ1n) is 29.9. The Morgan fingerprint density at radius 2 is 1.51 bits per heavy atom. The van der Waals surface area contributed by atoms with Crippen molar-refractivity contribution in [1.82, 2.24) is 0 Å². The van der Waals surface area contributed by atoms with Gasteiger partial charge >= 0.3 is 5.97 Å². The van der Waals surface area contributed by atoms with Gasteiger partial charge in [-0.05, 0) is 129 Å². The number of hydrogen-bond donors (Lipinski definition) is 0.